The number of ether oxygens (including phenoxy) is 1. The zero-order chi connectivity index (χ0) is 20.8. The highest BCUT2D eigenvalue weighted by molar-refractivity contribution is 5.90. The number of aryl methyl sites for hydroxylation is 2. The molecule has 30 heavy (non-hydrogen) atoms. The smallest absolute Gasteiger partial charge is 0.238 e. The number of imidazole rings is 1. The number of carbonyl (C=O) groups excluding carboxylic acids is 1. The van der Waals surface area contributed by atoms with Crippen molar-refractivity contribution in [2.45, 2.75) is 19.8 Å². The number of hydrogen-bond donors (Lipinski definition) is 1. The molecule has 0 bridgehead atoms. The third kappa shape index (κ3) is 4.88. The molecule has 2 aromatic carbocycles. The fourth-order valence-electron chi connectivity index (χ4n) is 2.97. The van der Waals surface area contributed by atoms with Crippen LogP contribution in [0.3, 0.4) is 0 Å². The summed E-state index contributed by atoms with van der Waals surface area (Å²) in [6.07, 6.45) is 4.68. The van der Waals surface area contributed by atoms with Crippen LogP contribution >= 0.6 is 0 Å². The first-order chi connectivity index (χ1) is 14.7. The largest absolute Gasteiger partial charge is 0.438 e. The van der Waals surface area contributed by atoms with Crippen molar-refractivity contribution in [2.24, 2.45) is 0 Å². The molecule has 0 aliphatic heterocycles. The van der Waals surface area contributed by atoms with E-state index in [1.54, 1.807) is 36.5 Å². The van der Waals surface area contributed by atoms with Crippen LogP contribution in [0.25, 0.3) is 5.82 Å². The maximum absolute atomic E-state index is 12.1. The number of carbonyl (C=O) groups is 1. The van der Waals surface area contributed by atoms with Crippen molar-refractivity contribution in [1.29, 1.82) is 0 Å². The third-order valence-corrected chi connectivity index (χ3v) is 4.54. The molecule has 7 nitrogen and oxygen atoms in total. The molecule has 4 aromatic rings. The summed E-state index contributed by atoms with van der Waals surface area (Å²) in [5.41, 5.74) is 1.86. The van der Waals surface area contributed by atoms with Gasteiger partial charge in [-0.2, -0.15) is 0 Å². The van der Waals surface area contributed by atoms with Crippen molar-refractivity contribution in [3.05, 3.63) is 90.5 Å². The summed E-state index contributed by atoms with van der Waals surface area (Å²) in [4.78, 5) is 16.3. The van der Waals surface area contributed by atoms with Crippen LogP contribution in [0.5, 0.6) is 11.6 Å². The van der Waals surface area contributed by atoms with E-state index in [0.717, 1.165) is 17.1 Å². The Balaban J connectivity index is 1.31. The average Bonchev–Trinajstić information content (AvgIpc) is 3.21. The molecule has 0 spiro atoms. The molecule has 0 saturated heterocycles. The van der Waals surface area contributed by atoms with Gasteiger partial charge in [-0.05, 0) is 49.2 Å². The molecular formula is C23H21N5O2. The Labute approximate surface area is 174 Å². The maximum Gasteiger partial charge on any atom is 0.238 e. The molecule has 0 aliphatic carbocycles. The Morgan fingerprint density at radius 1 is 1.00 bits per heavy atom. The van der Waals surface area contributed by atoms with Crippen molar-refractivity contribution in [3.63, 3.8) is 0 Å². The quantitative estimate of drug-likeness (QED) is 0.500. The van der Waals surface area contributed by atoms with Crippen LogP contribution in [0.15, 0.2) is 79.1 Å². The van der Waals surface area contributed by atoms with Crippen LogP contribution in [0.1, 0.15) is 17.8 Å². The van der Waals surface area contributed by atoms with Crippen molar-refractivity contribution >= 4 is 11.6 Å². The lowest BCUT2D eigenvalue weighted by molar-refractivity contribution is -0.116. The minimum Gasteiger partial charge on any atom is -0.438 e. The van der Waals surface area contributed by atoms with E-state index >= 15 is 0 Å². The number of hydrogen-bond acceptors (Lipinski definition) is 5. The highest BCUT2D eigenvalue weighted by Gasteiger charge is 2.06. The summed E-state index contributed by atoms with van der Waals surface area (Å²) < 4.78 is 7.57. The van der Waals surface area contributed by atoms with Crippen LogP contribution in [0.4, 0.5) is 5.69 Å². The summed E-state index contributed by atoms with van der Waals surface area (Å²) >= 11 is 0. The van der Waals surface area contributed by atoms with Crippen molar-refractivity contribution in [1.82, 2.24) is 19.7 Å². The Morgan fingerprint density at radius 3 is 2.47 bits per heavy atom. The Hall–Kier alpha value is -4.00. The molecule has 0 aliphatic rings. The molecule has 0 atom stereocenters. The van der Waals surface area contributed by atoms with Gasteiger partial charge >= 0.3 is 0 Å². The second-order valence-electron chi connectivity index (χ2n) is 6.73. The summed E-state index contributed by atoms with van der Waals surface area (Å²) in [5.74, 6) is 2.48. The molecule has 2 heterocycles. The molecule has 1 amide bonds. The minimum atomic E-state index is -0.0243. The first-order valence-corrected chi connectivity index (χ1v) is 9.63. The second kappa shape index (κ2) is 9.00. The Bertz CT molecular complexity index is 1110. The van der Waals surface area contributed by atoms with Crippen molar-refractivity contribution < 1.29 is 9.53 Å². The number of rotatable bonds is 7. The van der Waals surface area contributed by atoms with Crippen LogP contribution in [0.2, 0.25) is 0 Å². The van der Waals surface area contributed by atoms with E-state index in [-0.39, 0.29) is 5.91 Å². The molecule has 2 aromatic heterocycles. The summed E-state index contributed by atoms with van der Waals surface area (Å²) in [5, 5.41) is 11.2. The standard InChI is InChI=1S/C23H21N5O2/c1-17-24-15-16-28(17)21-12-14-23(27-26-21)30-20-10-8-19(9-11-20)25-22(29)13-7-18-5-3-2-4-6-18/h2-6,8-12,14-16H,7,13H2,1H3,(H,25,29). The lowest BCUT2D eigenvalue weighted by Crippen LogP contribution is -2.12. The zero-order valence-electron chi connectivity index (χ0n) is 16.5. The Morgan fingerprint density at radius 2 is 1.80 bits per heavy atom. The molecule has 4 rings (SSSR count). The van der Waals surface area contributed by atoms with Gasteiger partial charge in [-0.3, -0.25) is 9.36 Å². The SMILES string of the molecule is Cc1nccn1-c1ccc(Oc2ccc(NC(=O)CCc3ccccc3)cc2)nn1. The average molecular weight is 399 g/mol. The van der Waals surface area contributed by atoms with Gasteiger partial charge in [-0.15, -0.1) is 10.2 Å². The van der Waals surface area contributed by atoms with Gasteiger partial charge in [0.1, 0.15) is 11.6 Å². The van der Waals surface area contributed by atoms with Crippen LogP contribution < -0.4 is 10.1 Å². The number of nitrogens with one attached hydrogen (secondary N) is 1. The van der Waals surface area contributed by atoms with Crippen LogP contribution in [-0.4, -0.2) is 25.7 Å². The molecule has 7 heteroatoms. The van der Waals surface area contributed by atoms with E-state index in [9.17, 15) is 4.79 Å². The number of benzene rings is 2. The van der Waals surface area contributed by atoms with E-state index in [0.29, 0.717) is 30.3 Å². The number of aromatic nitrogens is 4. The van der Waals surface area contributed by atoms with Crippen LogP contribution in [-0.2, 0) is 11.2 Å². The van der Waals surface area contributed by atoms with Gasteiger partial charge in [0.15, 0.2) is 5.82 Å². The summed E-state index contributed by atoms with van der Waals surface area (Å²) in [6, 6.07) is 20.7. The number of amides is 1. The molecule has 0 radical (unpaired) electrons. The first kappa shape index (κ1) is 19.3. The molecule has 1 N–H and O–H groups in total. The molecule has 150 valence electrons. The van der Waals surface area contributed by atoms with E-state index in [4.69, 9.17) is 4.74 Å². The summed E-state index contributed by atoms with van der Waals surface area (Å²) in [7, 11) is 0. The first-order valence-electron chi connectivity index (χ1n) is 9.63. The number of nitrogens with zero attached hydrogens (tertiary/aromatic N) is 4. The minimum absolute atomic E-state index is 0.0243. The van der Waals surface area contributed by atoms with Crippen LogP contribution in [0, 0.1) is 6.92 Å². The molecular weight excluding hydrogens is 378 g/mol. The Kier molecular flexibility index (Phi) is 5.80. The highest BCUT2D eigenvalue weighted by Crippen LogP contribution is 2.22. The molecule has 0 unspecified atom stereocenters. The lowest BCUT2D eigenvalue weighted by atomic mass is 10.1. The monoisotopic (exact) mass is 399 g/mol. The molecule has 0 saturated carbocycles. The highest BCUT2D eigenvalue weighted by atomic mass is 16.5. The predicted molar refractivity (Wildman–Crippen MR) is 114 cm³/mol. The van der Waals surface area contributed by atoms with Gasteiger partial charge < -0.3 is 10.1 Å². The summed E-state index contributed by atoms with van der Waals surface area (Å²) in [6.45, 7) is 1.90. The topological polar surface area (TPSA) is 81.9 Å². The van der Waals surface area contributed by atoms with Gasteiger partial charge in [0, 0.05) is 30.6 Å². The second-order valence-corrected chi connectivity index (χ2v) is 6.73. The van der Waals surface area contributed by atoms with E-state index in [1.807, 2.05) is 54.1 Å². The van der Waals surface area contributed by atoms with Crippen molar-refractivity contribution in [3.8, 4) is 17.4 Å². The maximum atomic E-state index is 12.1. The van der Waals surface area contributed by atoms with Gasteiger partial charge in [0.05, 0.1) is 0 Å². The van der Waals surface area contributed by atoms with Gasteiger partial charge in [0.25, 0.3) is 0 Å². The third-order valence-electron chi connectivity index (χ3n) is 4.54. The number of anilines is 1. The van der Waals surface area contributed by atoms with Crippen molar-refractivity contribution in [2.75, 3.05) is 5.32 Å². The van der Waals surface area contributed by atoms with Gasteiger partial charge in [-0.1, -0.05) is 30.3 Å². The van der Waals surface area contributed by atoms with Gasteiger partial charge in [-0.25, -0.2) is 4.98 Å². The van der Waals surface area contributed by atoms with E-state index < -0.39 is 0 Å². The van der Waals surface area contributed by atoms with E-state index in [2.05, 4.69) is 20.5 Å². The van der Waals surface area contributed by atoms with E-state index in [1.165, 1.54) is 0 Å². The lowest BCUT2D eigenvalue weighted by Gasteiger charge is -2.08. The normalized spacial score (nSPS) is 10.6. The predicted octanol–water partition coefficient (Wildman–Crippen LogP) is 4.33. The fourth-order valence-corrected chi connectivity index (χ4v) is 2.97. The fraction of sp³-hybridized carbons (Fsp3) is 0.130. The zero-order valence-corrected chi connectivity index (χ0v) is 16.5. The molecule has 0 fully saturated rings. The van der Waals surface area contributed by atoms with Gasteiger partial charge in [0.2, 0.25) is 11.8 Å².